The summed E-state index contributed by atoms with van der Waals surface area (Å²) in [5.74, 6) is 0.111. The van der Waals surface area contributed by atoms with Gasteiger partial charge in [0.15, 0.2) is 0 Å². The fraction of sp³-hybridized carbons (Fsp3) is 0.778. The van der Waals surface area contributed by atoms with Gasteiger partial charge in [-0.15, -0.1) is 0 Å². The van der Waals surface area contributed by atoms with Crippen LogP contribution < -0.4 is 0 Å². The number of hydrogen-bond acceptors (Lipinski definition) is 2. The average molecular weight is 152 g/mol. The lowest BCUT2D eigenvalue weighted by Gasteiger charge is -1.93. The molecule has 0 rings (SSSR count). The lowest BCUT2D eigenvalue weighted by molar-refractivity contribution is 0.777. The molecule has 62 valence electrons. The maximum atomic E-state index is 8.43. The van der Waals surface area contributed by atoms with Gasteiger partial charge in [-0.05, 0) is 26.0 Å². The molecule has 11 heavy (non-hydrogen) atoms. The van der Waals surface area contributed by atoms with Gasteiger partial charge >= 0.3 is 0 Å². The molecule has 0 amide bonds. The maximum Gasteiger partial charge on any atom is 0.0656 e. The Bertz CT molecular complexity index is 144. The number of rotatable bonds is 5. The minimum Gasteiger partial charge on any atom is -0.297 e. The fourth-order valence-corrected chi connectivity index (χ4v) is 0.626. The van der Waals surface area contributed by atoms with Gasteiger partial charge in [0.1, 0.15) is 0 Å². The molecule has 0 N–H and O–H groups in total. The van der Waals surface area contributed by atoms with Crippen molar-refractivity contribution in [3.8, 4) is 6.07 Å². The first-order valence-corrected chi connectivity index (χ1v) is 4.19. The van der Waals surface area contributed by atoms with E-state index in [2.05, 4.69) is 18.0 Å². The van der Waals surface area contributed by atoms with Gasteiger partial charge in [0.2, 0.25) is 0 Å². The molecule has 0 aliphatic carbocycles. The van der Waals surface area contributed by atoms with E-state index in [0.29, 0.717) is 0 Å². The quantitative estimate of drug-likeness (QED) is 0.440. The Kier molecular flexibility index (Phi) is 6.71. The fourth-order valence-electron chi connectivity index (χ4n) is 0.626. The van der Waals surface area contributed by atoms with Crippen molar-refractivity contribution >= 4 is 6.21 Å². The lowest BCUT2D eigenvalue weighted by atomic mass is 10.1. The molecule has 0 radical (unpaired) electrons. The minimum atomic E-state index is 0.111. The normalized spacial score (nSPS) is 13.2. The molecule has 0 saturated carbocycles. The first-order valence-electron chi connectivity index (χ1n) is 4.19. The molecule has 0 bridgehead atoms. The van der Waals surface area contributed by atoms with Gasteiger partial charge in [-0.3, -0.25) is 4.99 Å². The van der Waals surface area contributed by atoms with E-state index in [0.717, 1.165) is 19.4 Å². The first-order chi connectivity index (χ1) is 5.31. The highest BCUT2D eigenvalue weighted by molar-refractivity contribution is 5.57. The molecule has 0 aliphatic heterocycles. The molecular weight excluding hydrogens is 136 g/mol. The summed E-state index contributed by atoms with van der Waals surface area (Å²) in [6.07, 6.45) is 4.99. The van der Waals surface area contributed by atoms with Crippen LogP contribution in [0.25, 0.3) is 0 Å². The zero-order valence-corrected chi connectivity index (χ0v) is 7.38. The number of aliphatic imine (C=N–C) groups is 1. The Labute approximate surface area is 68.9 Å². The summed E-state index contributed by atoms with van der Waals surface area (Å²) in [5, 5.41) is 8.43. The molecule has 0 saturated heterocycles. The zero-order chi connectivity index (χ0) is 8.53. The molecule has 0 fully saturated rings. The molecule has 0 spiro atoms. The first kappa shape index (κ1) is 10.2. The molecule has 0 aromatic heterocycles. The summed E-state index contributed by atoms with van der Waals surface area (Å²) in [4.78, 5) is 4.17. The Morgan fingerprint density at radius 1 is 1.64 bits per heavy atom. The van der Waals surface area contributed by atoms with Gasteiger partial charge in [0.05, 0.1) is 6.07 Å². The van der Waals surface area contributed by atoms with Crippen LogP contribution in [0.4, 0.5) is 0 Å². The second-order valence-electron chi connectivity index (χ2n) is 2.71. The molecule has 0 aliphatic rings. The number of nitrogens with zero attached hydrogens (tertiary/aromatic N) is 2. The molecule has 1 unspecified atom stereocenters. The maximum absolute atomic E-state index is 8.43. The Morgan fingerprint density at radius 3 is 2.91 bits per heavy atom. The van der Waals surface area contributed by atoms with Crippen LogP contribution in [0, 0.1) is 17.2 Å². The van der Waals surface area contributed by atoms with Crippen LogP contribution in [0.3, 0.4) is 0 Å². The van der Waals surface area contributed by atoms with Crippen molar-refractivity contribution in [1.82, 2.24) is 0 Å². The largest absolute Gasteiger partial charge is 0.297 e. The average Bonchev–Trinajstić information content (AvgIpc) is 2.04. The zero-order valence-electron chi connectivity index (χ0n) is 7.38. The molecule has 1 atom stereocenters. The van der Waals surface area contributed by atoms with Crippen LogP contribution in [0.2, 0.25) is 0 Å². The van der Waals surface area contributed by atoms with Gasteiger partial charge in [-0.25, -0.2) is 0 Å². The van der Waals surface area contributed by atoms with Crippen LogP contribution in [0.1, 0.15) is 33.1 Å². The van der Waals surface area contributed by atoms with Crippen molar-refractivity contribution < 1.29 is 0 Å². The molecule has 0 heterocycles. The van der Waals surface area contributed by atoms with Crippen LogP contribution in [0.15, 0.2) is 4.99 Å². The molecule has 0 aromatic rings. The summed E-state index contributed by atoms with van der Waals surface area (Å²) < 4.78 is 0. The van der Waals surface area contributed by atoms with Gasteiger partial charge in [-0.1, -0.05) is 13.3 Å². The predicted octanol–water partition coefficient (Wildman–Crippen LogP) is 2.41. The van der Waals surface area contributed by atoms with Crippen LogP contribution >= 0.6 is 0 Å². The molecule has 0 aromatic carbocycles. The van der Waals surface area contributed by atoms with Crippen molar-refractivity contribution in [1.29, 1.82) is 5.26 Å². The highest BCUT2D eigenvalue weighted by Crippen LogP contribution is 1.95. The van der Waals surface area contributed by atoms with Crippen LogP contribution in [0.5, 0.6) is 0 Å². The van der Waals surface area contributed by atoms with Crippen LogP contribution in [-0.4, -0.2) is 12.8 Å². The molecule has 2 nitrogen and oxygen atoms in total. The SMILES string of the molecule is CCCCN=CCC(C)C#N. The third-order valence-corrected chi connectivity index (χ3v) is 1.45. The second-order valence-corrected chi connectivity index (χ2v) is 2.71. The van der Waals surface area contributed by atoms with Crippen molar-refractivity contribution in [2.24, 2.45) is 10.9 Å². The Hall–Kier alpha value is -0.840. The predicted molar refractivity (Wildman–Crippen MR) is 47.7 cm³/mol. The highest BCUT2D eigenvalue weighted by Gasteiger charge is 1.93. The van der Waals surface area contributed by atoms with Gasteiger partial charge in [0, 0.05) is 12.5 Å². The summed E-state index contributed by atoms with van der Waals surface area (Å²) in [6, 6.07) is 2.16. The number of hydrogen-bond donors (Lipinski definition) is 0. The van der Waals surface area contributed by atoms with E-state index >= 15 is 0 Å². The monoisotopic (exact) mass is 152 g/mol. The third kappa shape index (κ3) is 7.05. The van der Waals surface area contributed by atoms with Gasteiger partial charge in [-0.2, -0.15) is 5.26 Å². The highest BCUT2D eigenvalue weighted by atomic mass is 14.7. The standard InChI is InChI=1S/C9H16N2/c1-3-4-6-11-7-5-9(2)8-10/h7,9H,3-6H2,1-2H3. The topological polar surface area (TPSA) is 36.1 Å². The second kappa shape index (κ2) is 7.27. The lowest BCUT2D eigenvalue weighted by Crippen LogP contribution is -1.90. The smallest absolute Gasteiger partial charge is 0.0656 e. The summed E-state index contributed by atoms with van der Waals surface area (Å²) >= 11 is 0. The van der Waals surface area contributed by atoms with E-state index in [1.165, 1.54) is 6.42 Å². The van der Waals surface area contributed by atoms with E-state index in [4.69, 9.17) is 5.26 Å². The van der Waals surface area contributed by atoms with E-state index in [1.807, 2.05) is 13.1 Å². The van der Waals surface area contributed by atoms with E-state index in [9.17, 15) is 0 Å². The Balaban J connectivity index is 3.24. The van der Waals surface area contributed by atoms with Crippen molar-refractivity contribution in [3.63, 3.8) is 0 Å². The summed E-state index contributed by atoms with van der Waals surface area (Å²) in [5.41, 5.74) is 0. The van der Waals surface area contributed by atoms with Crippen LogP contribution in [-0.2, 0) is 0 Å². The third-order valence-electron chi connectivity index (χ3n) is 1.45. The number of nitriles is 1. The summed E-state index contributed by atoms with van der Waals surface area (Å²) in [7, 11) is 0. The van der Waals surface area contributed by atoms with Crippen molar-refractivity contribution in [3.05, 3.63) is 0 Å². The minimum absolute atomic E-state index is 0.111. The van der Waals surface area contributed by atoms with Crippen molar-refractivity contribution in [2.75, 3.05) is 6.54 Å². The summed E-state index contributed by atoms with van der Waals surface area (Å²) in [6.45, 7) is 4.97. The molecule has 2 heteroatoms. The van der Waals surface area contributed by atoms with Gasteiger partial charge < -0.3 is 0 Å². The van der Waals surface area contributed by atoms with Gasteiger partial charge in [0.25, 0.3) is 0 Å². The van der Waals surface area contributed by atoms with Crippen molar-refractivity contribution in [2.45, 2.75) is 33.1 Å². The van der Waals surface area contributed by atoms with E-state index < -0.39 is 0 Å². The Morgan fingerprint density at radius 2 is 2.36 bits per heavy atom. The van der Waals surface area contributed by atoms with E-state index in [-0.39, 0.29) is 5.92 Å². The number of unbranched alkanes of at least 4 members (excludes halogenated alkanes) is 1. The van der Waals surface area contributed by atoms with E-state index in [1.54, 1.807) is 0 Å². The molecular formula is C9H16N2.